The molecule has 0 bridgehead atoms. The monoisotopic (exact) mass is 290 g/mol. The predicted molar refractivity (Wildman–Crippen MR) is 66.2 cm³/mol. The van der Waals surface area contributed by atoms with E-state index >= 15 is 0 Å². The molecule has 0 spiro atoms. The molecular formula is C13H10ClF3O2. The lowest BCUT2D eigenvalue weighted by molar-refractivity contribution is -0.170. The summed E-state index contributed by atoms with van der Waals surface area (Å²) in [5.41, 5.74) is 0.833. The Morgan fingerprint density at radius 3 is 2.21 bits per heavy atom. The smallest absolute Gasteiger partial charge is 0.294 e. The Morgan fingerprint density at radius 2 is 1.74 bits per heavy atom. The number of rotatable bonds is 5. The standard InChI is InChI=1S/C13H10ClF3O2/c14-7-1-2-9-3-5-10(6-4-9)11(18)8-12(19)13(15,16)17/h1-6H,7-8H2. The van der Waals surface area contributed by atoms with Gasteiger partial charge in [0, 0.05) is 11.4 Å². The molecule has 0 aliphatic carbocycles. The van der Waals surface area contributed by atoms with Crippen molar-refractivity contribution in [3.63, 3.8) is 0 Å². The van der Waals surface area contributed by atoms with Gasteiger partial charge in [-0.05, 0) is 5.56 Å². The molecule has 0 heterocycles. The number of hydrogen-bond acceptors (Lipinski definition) is 2. The van der Waals surface area contributed by atoms with Gasteiger partial charge in [0.25, 0.3) is 0 Å². The maximum absolute atomic E-state index is 12.0. The van der Waals surface area contributed by atoms with Gasteiger partial charge < -0.3 is 0 Å². The number of halogens is 4. The van der Waals surface area contributed by atoms with Gasteiger partial charge in [-0.1, -0.05) is 36.4 Å². The second-order valence-electron chi connectivity index (χ2n) is 3.70. The van der Waals surface area contributed by atoms with Crippen molar-refractivity contribution in [3.8, 4) is 0 Å². The maximum atomic E-state index is 12.0. The zero-order valence-corrected chi connectivity index (χ0v) is 10.5. The third kappa shape index (κ3) is 4.87. The summed E-state index contributed by atoms with van der Waals surface area (Å²) in [5, 5.41) is 0. The molecule has 0 saturated carbocycles. The Morgan fingerprint density at radius 1 is 1.16 bits per heavy atom. The highest BCUT2D eigenvalue weighted by molar-refractivity contribution is 6.19. The molecule has 1 aromatic rings. The number of hydrogen-bond donors (Lipinski definition) is 0. The molecule has 2 nitrogen and oxygen atoms in total. The van der Waals surface area contributed by atoms with Crippen molar-refractivity contribution in [1.29, 1.82) is 0 Å². The molecule has 0 amide bonds. The van der Waals surface area contributed by atoms with E-state index in [1.54, 1.807) is 24.3 Å². The summed E-state index contributed by atoms with van der Waals surface area (Å²) >= 11 is 5.45. The lowest BCUT2D eigenvalue weighted by Crippen LogP contribution is -2.25. The van der Waals surface area contributed by atoms with Crippen molar-refractivity contribution in [2.24, 2.45) is 0 Å². The predicted octanol–water partition coefficient (Wildman–Crippen LogP) is 3.64. The number of carbonyl (C=O) groups is 2. The third-order valence-electron chi connectivity index (χ3n) is 2.27. The Hall–Kier alpha value is -1.62. The second-order valence-corrected chi connectivity index (χ2v) is 4.01. The molecule has 0 atom stereocenters. The minimum atomic E-state index is -4.97. The topological polar surface area (TPSA) is 34.1 Å². The molecule has 0 radical (unpaired) electrons. The van der Waals surface area contributed by atoms with Crippen LogP contribution in [0.1, 0.15) is 22.3 Å². The minimum Gasteiger partial charge on any atom is -0.294 e. The molecule has 1 rings (SSSR count). The second kappa shape index (κ2) is 6.52. The molecule has 0 N–H and O–H groups in total. The van der Waals surface area contributed by atoms with Crippen LogP contribution in [0.3, 0.4) is 0 Å². The average molecular weight is 291 g/mol. The van der Waals surface area contributed by atoms with E-state index in [4.69, 9.17) is 11.6 Å². The van der Waals surface area contributed by atoms with Crippen LogP contribution >= 0.6 is 11.6 Å². The summed E-state index contributed by atoms with van der Waals surface area (Å²) in [7, 11) is 0. The first-order chi connectivity index (χ1) is 8.84. The molecule has 0 fully saturated rings. The Balaban J connectivity index is 2.73. The number of Topliss-reactive ketones (excluding diaryl/α,β-unsaturated/α-hetero) is 2. The molecule has 0 unspecified atom stereocenters. The number of allylic oxidation sites excluding steroid dienone is 1. The number of ketones is 2. The van der Waals surface area contributed by atoms with Gasteiger partial charge >= 0.3 is 6.18 Å². The van der Waals surface area contributed by atoms with Crippen LogP contribution < -0.4 is 0 Å². The lowest BCUT2D eigenvalue weighted by atomic mass is 10.0. The molecule has 19 heavy (non-hydrogen) atoms. The van der Waals surface area contributed by atoms with Crippen molar-refractivity contribution in [2.45, 2.75) is 12.6 Å². The number of alkyl halides is 4. The summed E-state index contributed by atoms with van der Waals surface area (Å²) in [6.07, 6.45) is -2.74. The zero-order chi connectivity index (χ0) is 14.5. The third-order valence-corrected chi connectivity index (χ3v) is 2.45. The summed E-state index contributed by atoms with van der Waals surface area (Å²) in [5.74, 6) is -2.56. The summed E-state index contributed by atoms with van der Waals surface area (Å²) in [6, 6.07) is 5.88. The lowest BCUT2D eigenvalue weighted by Gasteiger charge is -2.04. The fourth-order valence-electron chi connectivity index (χ4n) is 1.31. The van der Waals surface area contributed by atoms with E-state index in [9.17, 15) is 22.8 Å². The largest absolute Gasteiger partial charge is 0.450 e. The normalized spacial score (nSPS) is 11.8. The van der Waals surface area contributed by atoms with Crippen LogP contribution in [0.4, 0.5) is 13.2 Å². The quantitative estimate of drug-likeness (QED) is 0.471. The van der Waals surface area contributed by atoms with Gasteiger partial charge in [-0.2, -0.15) is 13.2 Å². The van der Waals surface area contributed by atoms with Gasteiger partial charge in [0.1, 0.15) is 0 Å². The highest BCUT2D eigenvalue weighted by atomic mass is 35.5. The van der Waals surface area contributed by atoms with Gasteiger partial charge in [-0.15, -0.1) is 11.6 Å². The van der Waals surface area contributed by atoms with Crippen LogP contribution in [0.25, 0.3) is 6.08 Å². The van der Waals surface area contributed by atoms with E-state index in [-0.39, 0.29) is 5.56 Å². The molecule has 1 aromatic carbocycles. The van der Waals surface area contributed by atoms with Crippen molar-refractivity contribution in [2.75, 3.05) is 5.88 Å². The maximum Gasteiger partial charge on any atom is 0.450 e. The molecule has 0 saturated heterocycles. The molecular weight excluding hydrogens is 281 g/mol. The van der Waals surface area contributed by atoms with E-state index in [0.717, 1.165) is 5.56 Å². The summed E-state index contributed by atoms with van der Waals surface area (Å²) in [6.45, 7) is 0. The fraction of sp³-hybridized carbons (Fsp3) is 0.231. The van der Waals surface area contributed by atoms with Gasteiger partial charge in [-0.3, -0.25) is 9.59 Å². The van der Waals surface area contributed by atoms with Crippen molar-refractivity contribution in [1.82, 2.24) is 0 Å². The number of benzene rings is 1. The van der Waals surface area contributed by atoms with Crippen LogP contribution in [-0.4, -0.2) is 23.6 Å². The van der Waals surface area contributed by atoms with Crippen LogP contribution in [0.2, 0.25) is 0 Å². The van der Waals surface area contributed by atoms with Crippen LogP contribution in [-0.2, 0) is 4.79 Å². The first-order valence-electron chi connectivity index (χ1n) is 5.30. The first kappa shape index (κ1) is 15.4. The van der Waals surface area contributed by atoms with Crippen molar-refractivity contribution < 1.29 is 22.8 Å². The van der Waals surface area contributed by atoms with E-state index in [1.807, 2.05) is 0 Å². The molecule has 0 aliphatic heterocycles. The van der Waals surface area contributed by atoms with E-state index in [2.05, 4.69) is 0 Å². The summed E-state index contributed by atoms with van der Waals surface area (Å²) < 4.78 is 36.0. The Bertz CT molecular complexity index is 490. The van der Waals surface area contributed by atoms with Crippen LogP contribution in [0, 0.1) is 0 Å². The van der Waals surface area contributed by atoms with Crippen molar-refractivity contribution in [3.05, 3.63) is 41.5 Å². The SMILES string of the molecule is O=C(CC(=O)C(F)(F)F)c1ccc(C=CCCl)cc1. The molecule has 0 aliphatic rings. The zero-order valence-electron chi connectivity index (χ0n) is 9.71. The molecule has 0 aromatic heterocycles. The molecule has 6 heteroatoms. The summed E-state index contributed by atoms with van der Waals surface area (Å²) in [4.78, 5) is 22.2. The first-order valence-corrected chi connectivity index (χ1v) is 5.84. The Labute approximate surface area is 112 Å². The van der Waals surface area contributed by atoms with E-state index in [1.165, 1.54) is 12.1 Å². The highest BCUT2D eigenvalue weighted by Gasteiger charge is 2.39. The van der Waals surface area contributed by atoms with Crippen molar-refractivity contribution >= 4 is 29.2 Å². The van der Waals surface area contributed by atoms with Crippen LogP contribution in [0.15, 0.2) is 30.3 Å². The van der Waals surface area contributed by atoms with E-state index < -0.39 is 24.2 Å². The van der Waals surface area contributed by atoms with Crippen LogP contribution in [0.5, 0.6) is 0 Å². The number of carbonyl (C=O) groups excluding carboxylic acids is 2. The van der Waals surface area contributed by atoms with Gasteiger partial charge in [0.2, 0.25) is 5.78 Å². The van der Waals surface area contributed by atoms with Gasteiger partial charge in [0.05, 0.1) is 6.42 Å². The molecule has 102 valence electrons. The van der Waals surface area contributed by atoms with Gasteiger partial charge in [-0.25, -0.2) is 0 Å². The van der Waals surface area contributed by atoms with E-state index in [0.29, 0.717) is 5.88 Å². The Kier molecular flexibility index (Phi) is 5.30. The minimum absolute atomic E-state index is 0.0700. The average Bonchev–Trinajstić information content (AvgIpc) is 2.35. The van der Waals surface area contributed by atoms with Gasteiger partial charge in [0.15, 0.2) is 5.78 Å². The highest BCUT2D eigenvalue weighted by Crippen LogP contribution is 2.19. The fourth-order valence-corrected chi connectivity index (χ4v) is 1.40.